The summed E-state index contributed by atoms with van der Waals surface area (Å²) in [6.45, 7) is 3.78. The lowest BCUT2D eigenvalue weighted by atomic mass is 10.1. The molecule has 0 fully saturated rings. The molecule has 0 aliphatic heterocycles. The minimum atomic E-state index is -2.36. The molecule has 0 saturated heterocycles. The van der Waals surface area contributed by atoms with Gasteiger partial charge in [-0.1, -0.05) is 47.1 Å². The predicted octanol–water partition coefficient (Wildman–Crippen LogP) is 5.69. The largest absolute Gasteiger partial charge is 0.371 e. The number of allylic oxidation sites excluding steroid dienone is 2. The third kappa shape index (κ3) is 4.82. The summed E-state index contributed by atoms with van der Waals surface area (Å²) in [5, 5.41) is 3.60. The second-order valence-electron chi connectivity index (χ2n) is 6.05. The van der Waals surface area contributed by atoms with Crippen LogP contribution in [0.4, 0.5) is 22.0 Å². The van der Waals surface area contributed by atoms with E-state index in [2.05, 4.69) is 9.99 Å². The van der Waals surface area contributed by atoms with E-state index in [1.165, 1.54) is 0 Å². The van der Waals surface area contributed by atoms with Crippen molar-refractivity contribution >= 4 is 11.7 Å². The van der Waals surface area contributed by atoms with Gasteiger partial charge in [0.2, 0.25) is 5.82 Å². The number of carbonyl (C=O) groups excluding carboxylic acids is 1. The number of halogens is 5. The molecule has 2 aromatic rings. The monoisotopic (exact) mass is 397 g/mol. The Balaban J connectivity index is 2.34. The van der Waals surface area contributed by atoms with Crippen LogP contribution in [0.2, 0.25) is 0 Å². The molecule has 2 rings (SSSR count). The van der Waals surface area contributed by atoms with Gasteiger partial charge in [-0.05, 0) is 32.3 Å². The van der Waals surface area contributed by atoms with Gasteiger partial charge < -0.3 is 4.84 Å². The fraction of sp³-hybridized carbons (Fsp3) is 0.200. The number of benzene rings is 2. The van der Waals surface area contributed by atoms with Crippen LogP contribution >= 0.6 is 0 Å². The molecule has 0 N–H and O–H groups in total. The summed E-state index contributed by atoms with van der Waals surface area (Å²) in [4.78, 5) is 16.4. The molecule has 28 heavy (non-hydrogen) atoms. The van der Waals surface area contributed by atoms with E-state index in [0.717, 1.165) is 5.57 Å². The molecule has 0 radical (unpaired) electrons. The Bertz CT molecular complexity index is 906. The highest BCUT2D eigenvalue weighted by molar-refractivity contribution is 6.01. The summed E-state index contributed by atoms with van der Waals surface area (Å²) in [5.41, 5.74) is 0.202. The van der Waals surface area contributed by atoms with Crippen LogP contribution in [0.5, 0.6) is 0 Å². The molecule has 0 spiro atoms. The molecule has 3 nitrogen and oxygen atoms in total. The number of carbonyl (C=O) groups is 1. The lowest BCUT2D eigenvalue weighted by molar-refractivity contribution is 0.0501. The zero-order valence-electron chi connectivity index (χ0n) is 15.0. The lowest BCUT2D eigenvalue weighted by Gasteiger charge is -2.08. The van der Waals surface area contributed by atoms with Gasteiger partial charge in [-0.25, -0.2) is 26.7 Å². The summed E-state index contributed by atoms with van der Waals surface area (Å²) in [5.74, 6) is -13.2. The average Bonchev–Trinajstić information content (AvgIpc) is 2.68. The Hall–Kier alpha value is -3.03. The number of hydrogen-bond acceptors (Lipinski definition) is 3. The Morgan fingerprint density at radius 1 is 0.929 bits per heavy atom. The van der Waals surface area contributed by atoms with Gasteiger partial charge >= 0.3 is 5.97 Å². The maximum Gasteiger partial charge on any atom is 0.371 e. The van der Waals surface area contributed by atoms with Crippen LogP contribution in [0.1, 0.15) is 42.6 Å². The average molecular weight is 397 g/mol. The minimum Gasteiger partial charge on any atom is -0.312 e. The fourth-order valence-corrected chi connectivity index (χ4v) is 2.30. The topological polar surface area (TPSA) is 38.7 Å². The third-order valence-electron chi connectivity index (χ3n) is 3.69. The SMILES string of the molecule is CC(C)=CCC/C(=N/OC(=O)c1c(F)c(F)c(F)c(F)c1F)c1ccccc1. The van der Waals surface area contributed by atoms with E-state index in [0.29, 0.717) is 18.4 Å². The van der Waals surface area contributed by atoms with Crippen molar-refractivity contribution in [2.45, 2.75) is 26.7 Å². The summed E-state index contributed by atoms with van der Waals surface area (Å²) in [6.07, 6.45) is 2.76. The maximum atomic E-state index is 13.7. The van der Waals surface area contributed by atoms with Crippen LogP contribution < -0.4 is 0 Å². The highest BCUT2D eigenvalue weighted by Crippen LogP contribution is 2.24. The second-order valence-corrected chi connectivity index (χ2v) is 6.05. The second kappa shape index (κ2) is 9.25. The van der Waals surface area contributed by atoms with Crippen molar-refractivity contribution in [2.24, 2.45) is 5.16 Å². The van der Waals surface area contributed by atoms with E-state index in [9.17, 15) is 26.7 Å². The first-order chi connectivity index (χ1) is 13.2. The number of hydrogen-bond donors (Lipinski definition) is 0. The number of rotatable bonds is 6. The van der Waals surface area contributed by atoms with E-state index in [4.69, 9.17) is 0 Å². The van der Waals surface area contributed by atoms with Crippen molar-refractivity contribution in [1.29, 1.82) is 0 Å². The van der Waals surface area contributed by atoms with Crippen molar-refractivity contribution < 1.29 is 31.6 Å². The normalized spacial score (nSPS) is 11.3. The summed E-state index contributed by atoms with van der Waals surface area (Å²) >= 11 is 0. The van der Waals surface area contributed by atoms with Gasteiger partial charge in [-0.3, -0.25) is 0 Å². The van der Waals surface area contributed by atoms with Gasteiger partial charge in [0, 0.05) is 0 Å². The molecule has 0 heterocycles. The highest BCUT2D eigenvalue weighted by atomic mass is 19.2. The molecule has 0 atom stereocenters. The molecule has 2 aromatic carbocycles. The molecule has 148 valence electrons. The van der Waals surface area contributed by atoms with Crippen molar-refractivity contribution in [3.05, 3.63) is 82.2 Å². The number of nitrogens with zero attached hydrogens (tertiary/aromatic N) is 1. The first-order valence-electron chi connectivity index (χ1n) is 8.22. The molecule has 0 aliphatic rings. The summed E-state index contributed by atoms with van der Waals surface area (Å²) in [6, 6.07) is 8.51. The minimum absolute atomic E-state index is 0.273. The van der Waals surface area contributed by atoms with Crippen molar-refractivity contribution in [2.75, 3.05) is 0 Å². The van der Waals surface area contributed by atoms with Crippen molar-refractivity contribution in [3.63, 3.8) is 0 Å². The molecular formula is C20H16F5NO2. The molecule has 0 amide bonds. The van der Waals surface area contributed by atoms with E-state index >= 15 is 0 Å². The van der Waals surface area contributed by atoms with E-state index in [1.54, 1.807) is 30.3 Å². The van der Waals surface area contributed by atoms with Gasteiger partial charge in [0.25, 0.3) is 0 Å². The van der Waals surface area contributed by atoms with Crippen LogP contribution in [-0.2, 0) is 4.84 Å². The molecule has 8 heteroatoms. The zero-order chi connectivity index (χ0) is 20.8. The maximum absolute atomic E-state index is 13.7. The molecule has 0 bridgehead atoms. The third-order valence-corrected chi connectivity index (χ3v) is 3.69. The van der Waals surface area contributed by atoms with Gasteiger partial charge in [0.15, 0.2) is 23.3 Å². The van der Waals surface area contributed by atoms with Crippen molar-refractivity contribution in [3.8, 4) is 0 Å². The number of oxime groups is 1. The highest BCUT2D eigenvalue weighted by Gasteiger charge is 2.31. The standard InChI is InChI=1S/C20H16F5NO2/c1-11(2)7-6-10-13(12-8-4-3-5-9-12)26-28-20(27)14-15(21)17(23)19(25)18(24)16(14)22/h3-5,7-9H,6,10H2,1-2H3/b26-13-. The van der Waals surface area contributed by atoms with E-state index < -0.39 is 40.6 Å². The summed E-state index contributed by atoms with van der Waals surface area (Å²) < 4.78 is 67.0. The zero-order valence-corrected chi connectivity index (χ0v) is 15.0. The predicted molar refractivity (Wildman–Crippen MR) is 93.3 cm³/mol. The summed E-state index contributed by atoms with van der Waals surface area (Å²) in [7, 11) is 0. The smallest absolute Gasteiger partial charge is 0.312 e. The fourth-order valence-electron chi connectivity index (χ4n) is 2.30. The van der Waals surface area contributed by atoms with Gasteiger partial charge in [0.05, 0.1) is 5.71 Å². The Morgan fingerprint density at radius 3 is 2.00 bits per heavy atom. The van der Waals surface area contributed by atoms with Crippen LogP contribution in [0.15, 0.2) is 47.1 Å². The van der Waals surface area contributed by atoms with Crippen LogP contribution in [0, 0.1) is 29.1 Å². The molecular weight excluding hydrogens is 381 g/mol. The molecule has 0 unspecified atom stereocenters. The van der Waals surface area contributed by atoms with Gasteiger partial charge in [-0.2, -0.15) is 0 Å². The van der Waals surface area contributed by atoms with Gasteiger partial charge in [0.1, 0.15) is 5.56 Å². The Morgan fingerprint density at radius 2 is 1.46 bits per heavy atom. The Labute approximate surface area is 158 Å². The van der Waals surface area contributed by atoms with Crippen molar-refractivity contribution in [1.82, 2.24) is 0 Å². The van der Waals surface area contributed by atoms with Crippen LogP contribution in [0.25, 0.3) is 0 Å². The van der Waals surface area contributed by atoms with E-state index in [-0.39, 0.29) is 5.71 Å². The quantitative estimate of drug-likeness (QED) is 0.119. The first-order valence-corrected chi connectivity index (χ1v) is 8.22. The van der Waals surface area contributed by atoms with Gasteiger partial charge in [-0.15, -0.1) is 0 Å². The molecule has 0 saturated carbocycles. The Kier molecular flexibility index (Phi) is 7.03. The van der Waals surface area contributed by atoms with Crippen LogP contribution in [-0.4, -0.2) is 11.7 Å². The first kappa shape index (κ1) is 21.3. The van der Waals surface area contributed by atoms with Crippen LogP contribution in [0.3, 0.4) is 0 Å². The molecule has 0 aliphatic carbocycles. The molecule has 0 aromatic heterocycles. The lowest BCUT2D eigenvalue weighted by Crippen LogP contribution is -2.14. The van der Waals surface area contributed by atoms with E-state index in [1.807, 2.05) is 19.9 Å².